The van der Waals surface area contributed by atoms with Gasteiger partial charge < -0.3 is 10.5 Å². The third-order valence-corrected chi connectivity index (χ3v) is 2.37. The molecule has 1 aromatic heterocycles. The number of nitrogen functional groups attached to an aromatic ring is 1. The van der Waals surface area contributed by atoms with Crippen molar-refractivity contribution in [2.45, 2.75) is 0 Å². The predicted molar refractivity (Wildman–Crippen MR) is 65.6 cm³/mol. The van der Waals surface area contributed by atoms with Gasteiger partial charge >= 0.3 is 0 Å². The van der Waals surface area contributed by atoms with Crippen LogP contribution >= 0.6 is 11.6 Å². The van der Waals surface area contributed by atoms with Crippen LogP contribution < -0.4 is 10.5 Å². The summed E-state index contributed by atoms with van der Waals surface area (Å²) in [5.41, 5.74) is 5.95. The number of ether oxygens (including phenoxy) is 1. The highest BCUT2D eigenvalue weighted by Crippen LogP contribution is 2.29. The zero-order valence-electron chi connectivity index (χ0n) is 8.76. The van der Waals surface area contributed by atoms with Gasteiger partial charge in [-0.15, -0.1) is 0 Å². The third kappa shape index (κ3) is 2.73. The summed E-state index contributed by atoms with van der Waals surface area (Å²) in [4.78, 5) is 14.4. The molecule has 0 amide bonds. The quantitative estimate of drug-likeness (QED) is 0.848. The normalized spacial score (nSPS) is 9.94. The molecule has 2 N–H and O–H groups in total. The van der Waals surface area contributed by atoms with E-state index in [2.05, 4.69) is 4.98 Å². The Balaban J connectivity index is 2.24. The average Bonchev–Trinajstić information content (AvgIpc) is 2.34. The van der Waals surface area contributed by atoms with Crippen LogP contribution in [0.25, 0.3) is 0 Å². The van der Waals surface area contributed by atoms with Crippen LogP contribution in [0.4, 0.5) is 5.82 Å². The highest BCUT2D eigenvalue weighted by Gasteiger charge is 2.04. The lowest BCUT2D eigenvalue weighted by Crippen LogP contribution is -1.91. The van der Waals surface area contributed by atoms with E-state index >= 15 is 0 Å². The van der Waals surface area contributed by atoms with E-state index in [1.165, 1.54) is 12.3 Å². The van der Waals surface area contributed by atoms with Crippen LogP contribution in [0.15, 0.2) is 36.5 Å². The fourth-order valence-electron chi connectivity index (χ4n) is 1.25. The van der Waals surface area contributed by atoms with Crippen LogP contribution in [0.3, 0.4) is 0 Å². The largest absolute Gasteiger partial charge is 0.454 e. The smallest absolute Gasteiger partial charge is 0.150 e. The van der Waals surface area contributed by atoms with Gasteiger partial charge in [-0.25, -0.2) is 4.98 Å². The summed E-state index contributed by atoms with van der Waals surface area (Å²) in [7, 11) is 0. The molecule has 0 aliphatic carbocycles. The van der Waals surface area contributed by atoms with Crippen LogP contribution in [0.1, 0.15) is 10.4 Å². The Labute approximate surface area is 103 Å². The summed E-state index contributed by atoms with van der Waals surface area (Å²) in [5.74, 6) is 1.41. The van der Waals surface area contributed by atoms with Gasteiger partial charge in [-0.1, -0.05) is 11.6 Å². The Morgan fingerprint density at radius 2 is 2.12 bits per heavy atom. The number of carbonyl (C=O) groups excluding carboxylic acids is 1. The average molecular weight is 249 g/mol. The number of nitrogens with two attached hydrogens (primary N) is 1. The van der Waals surface area contributed by atoms with Crippen molar-refractivity contribution in [2.75, 3.05) is 5.73 Å². The van der Waals surface area contributed by atoms with Gasteiger partial charge in [0, 0.05) is 5.56 Å². The lowest BCUT2D eigenvalue weighted by atomic mass is 10.2. The van der Waals surface area contributed by atoms with Gasteiger partial charge in [0.25, 0.3) is 0 Å². The SMILES string of the molecule is Nc1ccc(Oc2ccc(C=O)cc2Cl)cn1. The van der Waals surface area contributed by atoms with Crippen LogP contribution in [-0.4, -0.2) is 11.3 Å². The highest BCUT2D eigenvalue weighted by atomic mass is 35.5. The molecule has 1 heterocycles. The number of aromatic nitrogens is 1. The Morgan fingerprint density at radius 1 is 1.29 bits per heavy atom. The van der Waals surface area contributed by atoms with Crippen molar-refractivity contribution >= 4 is 23.7 Å². The van der Waals surface area contributed by atoms with Crippen molar-refractivity contribution in [1.82, 2.24) is 4.98 Å². The monoisotopic (exact) mass is 248 g/mol. The molecule has 0 spiro atoms. The molecule has 0 saturated heterocycles. The van der Waals surface area contributed by atoms with E-state index in [1.807, 2.05) is 0 Å². The van der Waals surface area contributed by atoms with E-state index in [1.54, 1.807) is 24.3 Å². The molecule has 1 aromatic carbocycles. The second-order valence-corrected chi connectivity index (χ2v) is 3.74. The molecule has 0 aliphatic heterocycles. The molecule has 0 unspecified atom stereocenters. The summed E-state index contributed by atoms with van der Waals surface area (Å²) < 4.78 is 5.50. The van der Waals surface area contributed by atoms with E-state index < -0.39 is 0 Å². The fraction of sp³-hybridized carbons (Fsp3) is 0. The van der Waals surface area contributed by atoms with Crippen molar-refractivity contribution < 1.29 is 9.53 Å². The summed E-state index contributed by atoms with van der Waals surface area (Å²) in [5, 5.41) is 0.367. The van der Waals surface area contributed by atoms with Crippen molar-refractivity contribution in [3.05, 3.63) is 47.1 Å². The van der Waals surface area contributed by atoms with Crippen molar-refractivity contribution in [3.63, 3.8) is 0 Å². The summed E-state index contributed by atoms with van der Waals surface area (Å²) in [6.45, 7) is 0. The molecule has 4 nitrogen and oxygen atoms in total. The van der Waals surface area contributed by atoms with Crippen LogP contribution in [0.2, 0.25) is 5.02 Å². The molecule has 86 valence electrons. The van der Waals surface area contributed by atoms with Crippen molar-refractivity contribution in [3.8, 4) is 11.5 Å². The molecule has 0 saturated carbocycles. The molecule has 0 atom stereocenters. The van der Waals surface area contributed by atoms with Gasteiger partial charge in [0.05, 0.1) is 11.2 Å². The van der Waals surface area contributed by atoms with Gasteiger partial charge in [-0.2, -0.15) is 0 Å². The van der Waals surface area contributed by atoms with Crippen LogP contribution in [0.5, 0.6) is 11.5 Å². The summed E-state index contributed by atoms with van der Waals surface area (Å²) in [6.07, 6.45) is 2.22. The zero-order valence-corrected chi connectivity index (χ0v) is 9.52. The third-order valence-electron chi connectivity index (χ3n) is 2.08. The number of nitrogens with zero attached hydrogens (tertiary/aromatic N) is 1. The summed E-state index contributed by atoms with van der Waals surface area (Å²) in [6, 6.07) is 8.10. The molecule has 2 rings (SSSR count). The minimum absolute atomic E-state index is 0.367. The van der Waals surface area contributed by atoms with Gasteiger partial charge in [0.1, 0.15) is 23.6 Å². The number of hydrogen-bond donors (Lipinski definition) is 1. The Bertz CT molecular complexity index is 541. The first-order valence-electron chi connectivity index (χ1n) is 4.83. The Morgan fingerprint density at radius 3 is 2.71 bits per heavy atom. The second-order valence-electron chi connectivity index (χ2n) is 3.33. The molecular weight excluding hydrogens is 240 g/mol. The lowest BCUT2D eigenvalue weighted by molar-refractivity contribution is 0.112. The first-order chi connectivity index (χ1) is 8.19. The minimum atomic E-state index is 0.367. The van der Waals surface area contributed by atoms with Crippen LogP contribution in [0, 0.1) is 0 Å². The number of halogens is 1. The Kier molecular flexibility index (Phi) is 3.25. The molecule has 17 heavy (non-hydrogen) atoms. The number of hydrogen-bond acceptors (Lipinski definition) is 4. The van der Waals surface area contributed by atoms with Gasteiger partial charge in [0.15, 0.2) is 0 Å². The number of benzene rings is 1. The lowest BCUT2D eigenvalue weighted by Gasteiger charge is -2.07. The van der Waals surface area contributed by atoms with E-state index in [0.29, 0.717) is 27.9 Å². The standard InChI is InChI=1S/C12H9ClN2O2/c13-10-5-8(7-16)1-3-11(10)17-9-2-4-12(14)15-6-9/h1-7H,(H2,14,15). The molecule has 0 bridgehead atoms. The number of aldehydes is 1. The number of pyridine rings is 1. The van der Waals surface area contributed by atoms with E-state index in [4.69, 9.17) is 22.1 Å². The highest BCUT2D eigenvalue weighted by molar-refractivity contribution is 6.32. The Hall–Kier alpha value is -2.07. The van der Waals surface area contributed by atoms with Gasteiger partial charge in [-0.05, 0) is 30.3 Å². The number of rotatable bonds is 3. The second kappa shape index (κ2) is 4.84. The summed E-state index contributed by atoms with van der Waals surface area (Å²) >= 11 is 5.96. The first-order valence-corrected chi connectivity index (χ1v) is 5.21. The van der Waals surface area contributed by atoms with Crippen LogP contribution in [-0.2, 0) is 0 Å². The van der Waals surface area contributed by atoms with E-state index in [0.717, 1.165) is 6.29 Å². The maximum absolute atomic E-state index is 10.5. The maximum atomic E-state index is 10.5. The first kappa shape index (κ1) is 11.4. The van der Waals surface area contributed by atoms with Crippen molar-refractivity contribution in [1.29, 1.82) is 0 Å². The predicted octanol–water partition coefficient (Wildman–Crippen LogP) is 2.92. The topological polar surface area (TPSA) is 65.2 Å². The number of carbonyl (C=O) groups is 1. The van der Waals surface area contributed by atoms with Crippen molar-refractivity contribution in [2.24, 2.45) is 0 Å². The number of anilines is 1. The fourth-order valence-corrected chi connectivity index (χ4v) is 1.48. The van der Waals surface area contributed by atoms with Gasteiger partial charge in [0.2, 0.25) is 0 Å². The minimum Gasteiger partial charge on any atom is -0.454 e. The zero-order chi connectivity index (χ0) is 12.3. The molecule has 0 aliphatic rings. The van der Waals surface area contributed by atoms with Gasteiger partial charge in [-0.3, -0.25) is 4.79 Å². The molecule has 5 heteroatoms. The molecule has 0 radical (unpaired) electrons. The molecule has 0 fully saturated rings. The molecular formula is C12H9ClN2O2. The van der Waals surface area contributed by atoms with E-state index in [-0.39, 0.29) is 0 Å². The maximum Gasteiger partial charge on any atom is 0.150 e. The molecule has 2 aromatic rings. The van der Waals surface area contributed by atoms with E-state index in [9.17, 15) is 4.79 Å².